The van der Waals surface area contributed by atoms with Gasteiger partial charge in [0.15, 0.2) is 0 Å². The van der Waals surface area contributed by atoms with Crippen molar-refractivity contribution >= 4 is 5.91 Å². The Kier molecular flexibility index (Phi) is 4.03. The van der Waals surface area contributed by atoms with Crippen LogP contribution in [0.4, 0.5) is 0 Å². The van der Waals surface area contributed by atoms with Crippen LogP contribution in [0.1, 0.15) is 56.9 Å². The summed E-state index contributed by atoms with van der Waals surface area (Å²) in [5.74, 6) is 1.08. The molecular weight excluding hydrogens is 260 g/mol. The normalized spacial score (nSPS) is 28.7. The number of rotatable bonds is 4. The van der Waals surface area contributed by atoms with Crippen LogP contribution < -0.4 is 11.1 Å². The summed E-state index contributed by atoms with van der Waals surface area (Å²) in [6.07, 6.45) is 6.62. The highest BCUT2D eigenvalue weighted by Gasteiger charge is 2.44. The van der Waals surface area contributed by atoms with Crippen LogP contribution in [0, 0.1) is 5.92 Å². The van der Waals surface area contributed by atoms with E-state index in [0.717, 1.165) is 38.5 Å². The predicted molar refractivity (Wildman–Crippen MR) is 84.9 cm³/mol. The molecule has 3 rings (SSSR count). The van der Waals surface area contributed by atoms with E-state index in [0.29, 0.717) is 17.9 Å². The summed E-state index contributed by atoms with van der Waals surface area (Å²) >= 11 is 0. The first-order valence-corrected chi connectivity index (χ1v) is 8.22. The van der Waals surface area contributed by atoms with Crippen molar-refractivity contribution in [3.63, 3.8) is 0 Å². The summed E-state index contributed by atoms with van der Waals surface area (Å²) in [6.45, 7) is 1.88. The molecule has 0 radical (unpaired) electrons. The molecule has 0 aromatic heterocycles. The van der Waals surface area contributed by atoms with E-state index in [4.69, 9.17) is 5.73 Å². The minimum atomic E-state index is -0.670. The van der Waals surface area contributed by atoms with Crippen molar-refractivity contribution in [2.24, 2.45) is 11.7 Å². The van der Waals surface area contributed by atoms with Gasteiger partial charge < -0.3 is 11.1 Å². The van der Waals surface area contributed by atoms with Gasteiger partial charge >= 0.3 is 0 Å². The van der Waals surface area contributed by atoms with Gasteiger partial charge in [-0.1, -0.05) is 30.3 Å². The average Bonchev–Trinajstić information content (AvgIpc) is 3.34. The van der Waals surface area contributed by atoms with Crippen molar-refractivity contribution < 1.29 is 4.79 Å². The molecule has 21 heavy (non-hydrogen) atoms. The Hall–Kier alpha value is -1.35. The van der Waals surface area contributed by atoms with Crippen molar-refractivity contribution in [1.82, 2.24) is 5.32 Å². The van der Waals surface area contributed by atoms with Crippen LogP contribution in [-0.2, 0) is 4.79 Å². The SMILES string of the molecule is CC(N)(C(=O)NC1CCC(c2ccccc2)CC1)C1CC1. The summed E-state index contributed by atoms with van der Waals surface area (Å²) < 4.78 is 0. The Balaban J connectivity index is 1.51. The molecule has 2 fully saturated rings. The zero-order valence-electron chi connectivity index (χ0n) is 12.8. The highest BCUT2D eigenvalue weighted by Crippen LogP contribution is 2.38. The molecule has 0 spiro atoms. The highest BCUT2D eigenvalue weighted by molar-refractivity contribution is 5.86. The van der Waals surface area contributed by atoms with Gasteiger partial charge in [0, 0.05) is 6.04 Å². The van der Waals surface area contributed by atoms with Gasteiger partial charge in [-0.2, -0.15) is 0 Å². The lowest BCUT2D eigenvalue weighted by Crippen LogP contribution is -2.56. The minimum Gasteiger partial charge on any atom is -0.352 e. The van der Waals surface area contributed by atoms with Gasteiger partial charge in [-0.25, -0.2) is 0 Å². The zero-order chi connectivity index (χ0) is 14.9. The molecule has 0 aliphatic heterocycles. The van der Waals surface area contributed by atoms with Gasteiger partial charge in [-0.3, -0.25) is 4.79 Å². The number of benzene rings is 1. The lowest BCUT2D eigenvalue weighted by Gasteiger charge is -2.32. The summed E-state index contributed by atoms with van der Waals surface area (Å²) in [5, 5.41) is 3.19. The Morgan fingerprint density at radius 3 is 2.29 bits per heavy atom. The standard InChI is InChI=1S/C18H26N2O/c1-18(19,15-9-10-15)17(21)20-16-11-7-14(8-12-16)13-5-3-2-4-6-13/h2-6,14-16H,7-12,19H2,1H3,(H,20,21). The molecule has 2 aliphatic rings. The predicted octanol–water partition coefficient (Wildman–Crippen LogP) is 2.96. The van der Waals surface area contributed by atoms with Crippen LogP contribution in [0.3, 0.4) is 0 Å². The fourth-order valence-electron chi connectivity index (χ4n) is 3.51. The van der Waals surface area contributed by atoms with Crippen LogP contribution in [0.2, 0.25) is 0 Å². The van der Waals surface area contributed by atoms with Gasteiger partial charge in [0.05, 0.1) is 5.54 Å². The van der Waals surface area contributed by atoms with Crippen molar-refractivity contribution in [1.29, 1.82) is 0 Å². The fraction of sp³-hybridized carbons (Fsp3) is 0.611. The maximum atomic E-state index is 12.3. The highest BCUT2D eigenvalue weighted by atomic mass is 16.2. The first-order valence-electron chi connectivity index (χ1n) is 8.22. The summed E-state index contributed by atoms with van der Waals surface area (Å²) in [5.41, 5.74) is 6.95. The number of hydrogen-bond donors (Lipinski definition) is 2. The quantitative estimate of drug-likeness (QED) is 0.894. The van der Waals surface area contributed by atoms with Crippen molar-refractivity contribution in [2.45, 2.75) is 62.9 Å². The number of carbonyl (C=O) groups is 1. The summed E-state index contributed by atoms with van der Waals surface area (Å²) in [6, 6.07) is 11.0. The van der Waals surface area contributed by atoms with E-state index >= 15 is 0 Å². The smallest absolute Gasteiger partial charge is 0.240 e. The molecule has 1 amide bonds. The van der Waals surface area contributed by atoms with Gasteiger partial charge in [0.2, 0.25) is 5.91 Å². The average molecular weight is 286 g/mol. The first kappa shape index (κ1) is 14.6. The maximum absolute atomic E-state index is 12.3. The molecule has 2 aliphatic carbocycles. The molecule has 2 saturated carbocycles. The maximum Gasteiger partial charge on any atom is 0.240 e. The van der Waals surface area contributed by atoms with E-state index in [-0.39, 0.29) is 5.91 Å². The molecule has 114 valence electrons. The molecule has 0 bridgehead atoms. The van der Waals surface area contributed by atoms with E-state index in [2.05, 4.69) is 35.6 Å². The minimum absolute atomic E-state index is 0.0492. The molecule has 1 atom stereocenters. The molecule has 0 saturated heterocycles. The third-order valence-corrected chi connectivity index (χ3v) is 5.25. The molecular formula is C18H26N2O. The third-order valence-electron chi connectivity index (χ3n) is 5.25. The summed E-state index contributed by atoms with van der Waals surface area (Å²) in [4.78, 5) is 12.3. The molecule has 0 heterocycles. The van der Waals surface area contributed by atoms with E-state index in [1.807, 2.05) is 6.92 Å². The van der Waals surface area contributed by atoms with Crippen LogP contribution in [0.25, 0.3) is 0 Å². The van der Waals surface area contributed by atoms with Crippen LogP contribution >= 0.6 is 0 Å². The van der Waals surface area contributed by atoms with Crippen LogP contribution in [0.15, 0.2) is 30.3 Å². The Morgan fingerprint density at radius 2 is 1.71 bits per heavy atom. The van der Waals surface area contributed by atoms with Gasteiger partial charge in [0.25, 0.3) is 0 Å². The monoisotopic (exact) mass is 286 g/mol. The molecule has 3 N–H and O–H groups in total. The lowest BCUT2D eigenvalue weighted by atomic mass is 9.81. The van der Waals surface area contributed by atoms with E-state index in [1.165, 1.54) is 5.56 Å². The fourth-order valence-corrected chi connectivity index (χ4v) is 3.51. The third kappa shape index (κ3) is 3.29. The molecule has 1 aromatic rings. The van der Waals surface area contributed by atoms with Crippen LogP contribution in [-0.4, -0.2) is 17.5 Å². The second kappa shape index (κ2) is 5.80. The number of nitrogens with two attached hydrogens (primary N) is 1. The Bertz CT molecular complexity index is 485. The number of amides is 1. The van der Waals surface area contributed by atoms with Gasteiger partial charge in [0.1, 0.15) is 0 Å². The zero-order valence-corrected chi connectivity index (χ0v) is 12.8. The topological polar surface area (TPSA) is 55.1 Å². The Morgan fingerprint density at radius 1 is 1.10 bits per heavy atom. The molecule has 3 nitrogen and oxygen atoms in total. The summed E-state index contributed by atoms with van der Waals surface area (Å²) in [7, 11) is 0. The second-order valence-corrected chi connectivity index (χ2v) is 6.99. The van der Waals surface area contributed by atoms with Crippen molar-refractivity contribution in [2.75, 3.05) is 0 Å². The Labute approximate surface area is 127 Å². The van der Waals surface area contributed by atoms with Gasteiger partial charge in [-0.15, -0.1) is 0 Å². The largest absolute Gasteiger partial charge is 0.352 e. The number of nitrogens with one attached hydrogen (secondary N) is 1. The van der Waals surface area contributed by atoms with Crippen molar-refractivity contribution in [3.8, 4) is 0 Å². The second-order valence-electron chi connectivity index (χ2n) is 6.99. The molecule has 1 unspecified atom stereocenters. The van der Waals surface area contributed by atoms with E-state index < -0.39 is 5.54 Å². The molecule has 3 heteroatoms. The van der Waals surface area contributed by atoms with Crippen LogP contribution in [0.5, 0.6) is 0 Å². The lowest BCUT2D eigenvalue weighted by molar-refractivity contribution is -0.127. The number of carbonyl (C=O) groups excluding carboxylic acids is 1. The molecule has 1 aromatic carbocycles. The first-order chi connectivity index (χ1) is 10.1. The van der Waals surface area contributed by atoms with E-state index in [1.54, 1.807) is 0 Å². The van der Waals surface area contributed by atoms with E-state index in [9.17, 15) is 4.79 Å². The van der Waals surface area contributed by atoms with Crippen molar-refractivity contribution in [3.05, 3.63) is 35.9 Å². The number of hydrogen-bond acceptors (Lipinski definition) is 2. The van der Waals surface area contributed by atoms with Gasteiger partial charge in [-0.05, 0) is 62.8 Å².